The normalized spacial score (nSPS) is 16.9. The minimum absolute atomic E-state index is 0.141. The van der Waals surface area contributed by atoms with Gasteiger partial charge in [-0.15, -0.1) is 11.3 Å². The highest BCUT2D eigenvalue weighted by Gasteiger charge is 2.36. The monoisotopic (exact) mass is 532 g/mol. The summed E-state index contributed by atoms with van der Waals surface area (Å²) in [7, 11) is 2.17. The van der Waals surface area contributed by atoms with Gasteiger partial charge in [-0.3, -0.25) is 0 Å². The second-order valence-electron chi connectivity index (χ2n) is 9.55. The number of hydrogen-bond acceptors (Lipinski definition) is 4. The van der Waals surface area contributed by atoms with Crippen molar-refractivity contribution >= 4 is 34.7 Å². The molecule has 4 aromatic rings. The van der Waals surface area contributed by atoms with E-state index in [-0.39, 0.29) is 12.1 Å². The molecular weight excluding hydrogens is 504 g/mol. The van der Waals surface area contributed by atoms with Gasteiger partial charge in [0.1, 0.15) is 10.8 Å². The van der Waals surface area contributed by atoms with Crippen LogP contribution in [0.5, 0.6) is 5.75 Å². The first-order valence-corrected chi connectivity index (χ1v) is 13.8. The van der Waals surface area contributed by atoms with Crippen LogP contribution in [0.25, 0.3) is 5.00 Å². The Kier molecular flexibility index (Phi) is 6.44. The number of hydrogen-bond donors (Lipinski definition) is 1. The zero-order chi connectivity index (χ0) is 25.5. The van der Waals surface area contributed by atoms with Crippen LogP contribution in [-0.2, 0) is 19.5 Å². The van der Waals surface area contributed by atoms with Crippen LogP contribution in [-0.4, -0.2) is 40.6 Å². The molecule has 190 valence electrons. The summed E-state index contributed by atoms with van der Waals surface area (Å²) in [6.07, 6.45) is 3.12. The maximum atomic E-state index is 14.0. The van der Waals surface area contributed by atoms with Crippen LogP contribution in [0.15, 0.2) is 66.9 Å². The molecule has 8 heteroatoms. The molecule has 2 aliphatic heterocycles. The number of nitrogens with zero attached hydrogens (tertiary/aromatic N) is 3. The van der Waals surface area contributed by atoms with E-state index in [1.54, 1.807) is 0 Å². The van der Waals surface area contributed by atoms with Crippen molar-refractivity contribution in [1.29, 1.82) is 0 Å². The quantitative estimate of drug-likeness (QED) is 0.317. The zero-order valence-corrected chi connectivity index (χ0v) is 22.5. The van der Waals surface area contributed by atoms with Crippen molar-refractivity contribution in [2.75, 3.05) is 25.5 Å². The van der Waals surface area contributed by atoms with Gasteiger partial charge in [0, 0.05) is 40.4 Å². The van der Waals surface area contributed by atoms with E-state index in [2.05, 4.69) is 40.2 Å². The van der Waals surface area contributed by atoms with Crippen molar-refractivity contribution in [2.45, 2.75) is 32.5 Å². The number of nitrogens with one attached hydrogen (secondary N) is 1. The number of carbonyl (C=O) groups excluding carboxylic acids is 1. The lowest BCUT2D eigenvalue weighted by molar-refractivity contribution is 0.194. The molecule has 6 rings (SSSR count). The summed E-state index contributed by atoms with van der Waals surface area (Å²) in [5.41, 5.74) is 5.47. The SMILES string of the molecule is CCOc1ccc(NC(=O)N2Cc3c(sc4c3CCN(C)C4)-n3cccc3[C@@H]2c2ccc(Cl)cc2)cc1. The molecule has 37 heavy (non-hydrogen) atoms. The molecule has 0 aliphatic carbocycles. The van der Waals surface area contributed by atoms with Gasteiger partial charge in [-0.25, -0.2) is 4.79 Å². The molecule has 2 aromatic carbocycles. The highest BCUT2D eigenvalue weighted by molar-refractivity contribution is 7.15. The summed E-state index contributed by atoms with van der Waals surface area (Å²) in [4.78, 5) is 19.7. The Hall–Kier alpha value is -3.26. The second kappa shape index (κ2) is 9.89. The van der Waals surface area contributed by atoms with E-state index < -0.39 is 0 Å². The van der Waals surface area contributed by atoms with Gasteiger partial charge in [0.25, 0.3) is 0 Å². The first-order valence-electron chi connectivity index (χ1n) is 12.6. The van der Waals surface area contributed by atoms with E-state index in [9.17, 15) is 4.79 Å². The second-order valence-corrected chi connectivity index (χ2v) is 11.1. The number of benzene rings is 2. The highest BCUT2D eigenvalue weighted by atomic mass is 35.5. The van der Waals surface area contributed by atoms with Crippen LogP contribution in [0.3, 0.4) is 0 Å². The molecule has 0 unspecified atom stereocenters. The summed E-state index contributed by atoms with van der Waals surface area (Å²) in [5, 5.41) is 5.04. The average Bonchev–Trinajstić information content (AvgIpc) is 3.47. The number of rotatable bonds is 4. The van der Waals surface area contributed by atoms with E-state index in [0.717, 1.165) is 42.2 Å². The number of thiophene rings is 1. The fourth-order valence-corrected chi connectivity index (χ4v) is 6.91. The number of ether oxygens (including phenoxy) is 1. The van der Waals surface area contributed by atoms with Gasteiger partial charge in [-0.2, -0.15) is 0 Å². The Morgan fingerprint density at radius 2 is 1.86 bits per heavy atom. The van der Waals surface area contributed by atoms with Crippen molar-refractivity contribution in [1.82, 2.24) is 14.4 Å². The van der Waals surface area contributed by atoms with Crippen molar-refractivity contribution in [3.63, 3.8) is 0 Å². The molecule has 1 N–H and O–H groups in total. The molecule has 6 nitrogen and oxygen atoms in total. The zero-order valence-electron chi connectivity index (χ0n) is 20.9. The molecule has 0 bridgehead atoms. The molecule has 0 saturated heterocycles. The van der Waals surface area contributed by atoms with Crippen LogP contribution in [0, 0.1) is 0 Å². The van der Waals surface area contributed by atoms with Crippen LogP contribution >= 0.6 is 22.9 Å². The van der Waals surface area contributed by atoms with Gasteiger partial charge in [0.15, 0.2) is 0 Å². The molecule has 2 aliphatic rings. The largest absolute Gasteiger partial charge is 0.494 e. The number of urea groups is 1. The lowest BCUT2D eigenvalue weighted by atomic mass is 10.0. The molecular formula is C29H29ClN4O2S. The van der Waals surface area contributed by atoms with E-state index in [4.69, 9.17) is 16.3 Å². The van der Waals surface area contributed by atoms with Gasteiger partial charge >= 0.3 is 6.03 Å². The molecule has 1 atom stereocenters. The predicted molar refractivity (Wildman–Crippen MR) is 149 cm³/mol. The number of halogens is 1. The van der Waals surface area contributed by atoms with E-state index >= 15 is 0 Å². The number of amides is 2. The number of anilines is 1. The topological polar surface area (TPSA) is 49.7 Å². The van der Waals surface area contributed by atoms with Crippen LogP contribution < -0.4 is 10.1 Å². The fraction of sp³-hybridized carbons (Fsp3) is 0.276. The van der Waals surface area contributed by atoms with Crippen molar-refractivity contribution < 1.29 is 9.53 Å². The van der Waals surface area contributed by atoms with Crippen LogP contribution in [0.1, 0.15) is 40.2 Å². The Balaban J connectivity index is 1.43. The van der Waals surface area contributed by atoms with Gasteiger partial charge in [0.2, 0.25) is 0 Å². The predicted octanol–water partition coefficient (Wildman–Crippen LogP) is 6.72. The molecule has 2 aromatic heterocycles. The Morgan fingerprint density at radius 3 is 2.62 bits per heavy atom. The maximum Gasteiger partial charge on any atom is 0.322 e. The summed E-state index contributed by atoms with van der Waals surface area (Å²) in [5.74, 6) is 0.784. The molecule has 0 fully saturated rings. The number of aromatic nitrogens is 1. The maximum absolute atomic E-state index is 14.0. The Labute approximate surface area is 226 Å². The molecule has 0 saturated carbocycles. The van der Waals surface area contributed by atoms with Gasteiger partial charge in [-0.1, -0.05) is 23.7 Å². The first-order chi connectivity index (χ1) is 18.0. The van der Waals surface area contributed by atoms with Crippen LogP contribution in [0.2, 0.25) is 5.02 Å². The van der Waals surface area contributed by atoms with E-state index in [0.29, 0.717) is 18.2 Å². The molecule has 0 spiro atoms. The fourth-order valence-electron chi connectivity index (χ4n) is 5.34. The minimum atomic E-state index is -0.267. The summed E-state index contributed by atoms with van der Waals surface area (Å²) in [6.45, 7) is 5.06. The molecule has 0 radical (unpaired) electrons. The lowest BCUT2D eigenvalue weighted by Gasteiger charge is -2.32. The third-order valence-corrected chi connectivity index (χ3v) is 8.63. The number of fused-ring (bicyclic) bond motifs is 5. The average molecular weight is 533 g/mol. The Bertz CT molecular complexity index is 1430. The third-order valence-electron chi connectivity index (χ3n) is 7.12. The first kappa shape index (κ1) is 24.1. The van der Waals surface area contributed by atoms with Gasteiger partial charge in [-0.05, 0) is 80.1 Å². The van der Waals surface area contributed by atoms with Gasteiger partial charge in [0.05, 0.1) is 24.9 Å². The van der Waals surface area contributed by atoms with Crippen LogP contribution in [0.4, 0.5) is 10.5 Å². The molecule has 4 heterocycles. The minimum Gasteiger partial charge on any atom is -0.494 e. The van der Waals surface area contributed by atoms with E-state index in [1.807, 2.05) is 71.7 Å². The van der Waals surface area contributed by atoms with E-state index in [1.165, 1.54) is 21.0 Å². The summed E-state index contributed by atoms with van der Waals surface area (Å²) >= 11 is 8.09. The van der Waals surface area contributed by atoms with Gasteiger partial charge < -0.3 is 24.4 Å². The summed E-state index contributed by atoms with van der Waals surface area (Å²) < 4.78 is 7.84. The smallest absolute Gasteiger partial charge is 0.322 e. The standard InChI is InChI=1S/C29H29ClN4O2S/c1-3-36-22-12-10-21(11-13-22)31-29(35)34-17-24-23-14-16-32(2)18-26(23)37-28(24)33-15-4-5-25(33)27(34)19-6-8-20(30)9-7-19/h4-13,15,27H,3,14,16-18H2,1-2H3,(H,31,35)/t27-/m0/s1. The number of carbonyl (C=O) groups is 1. The van der Waals surface area contributed by atoms with Crippen molar-refractivity contribution in [3.8, 4) is 10.8 Å². The van der Waals surface area contributed by atoms with Crippen molar-refractivity contribution in [3.05, 3.63) is 99.1 Å². The third kappa shape index (κ3) is 4.52. The summed E-state index contributed by atoms with van der Waals surface area (Å²) in [6, 6.07) is 19.1. The Morgan fingerprint density at radius 1 is 1.08 bits per heavy atom. The lowest BCUT2D eigenvalue weighted by Crippen LogP contribution is -2.38. The highest BCUT2D eigenvalue weighted by Crippen LogP contribution is 2.43. The van der Waals surface area contributed by atoms with Crippen molar-refractivity contribution in [2.24, 2.45) is 0 Å². The molecule has 2 amide bonds. The number of likely N-dealkylation sites (N-methyl/N-ethyl adjacent to an activating group) is 1.